The molecule has 10 aromatic carbocycles. The topological polar surface area (TPSA) is 36.3 Å². The maximum atomic E-state index is 6.62. The molecule has 3 heterocycles. The van der Waals surface area contributed by atoms with Crippen molar-refractivity contribution in [2.75, 3.05) is 0 Å². The second-order valence-corrected chi connectivity index (χ2v) is 18.6. The molecule has 0 saturated carbocycles. The van der Waals surface area contributed by atoms with Gasteiger partial charge in [0.05, 0.1) is 27.8 Å². The minimum Gasteiger partial charge on any atom is -0.450 e. The molecule has 1 aliphatic heterocycles. The summed E-state index contributed by atoms with van der Waals surface area (Å²) in [5, 5.41) is 2.40. The van der Waals surface area contributed by atoms with Gasteiger partial charge in [0, 0.05) is 27.6 Å². The van der Waals surface area contributed by atoms with E-state index in [1.54, 1.807) is 0 Å². The smallest absolute Gasteiger partial charge is 0.170 e. The Labute approximate surface area is 405 Å². The van der Waals surface area contributed by atoms with Crippen molar-refractivity contribution in [2.45, 2.75) is 5.41 Å². The molecule has 4 heteroatoms. The van der Waals surface area contributed by atoms with Gasteiger partial charge in [0.15, 0.2) is 23.0 Å². The Bertz CT molecular complexity index is 4030. The Kier molecular flexibility index (Phi) is 8.25. The van der Waals surface area contributed by atoms with Crippen molar-refractivity contribution >= 4 is 21.8 Å². The quantitative estimate of drug-likeness (QED) is 0.173. The highest BCUT2D eigenvalue weighted by Gasteiger charge is 2.52. The molecule has 1 spiro atoms. The molecule has 2 aliphatic carbocycles. The van der Waals surface area contributed by atoms with E-state index in [1.165, 1.54) is 49.7 Å². The van der Waals surface area contributed by atoms with Crippen LogP contribution in [0.25, 0.3) is 94.5 Å². The van der Waals surface area contributed by atoms with Crippen molar-refractivity contribution in [1.82, 2.24) is 9.55 Å². The molecule has 15 rings (SSSR count). The molecule has 70 heavy (non-hydrogen) atoms. The highest BCUT2D eigenvalue weighted by atomic mass is 16.6. The predicted octanol–water partition coefficient (Wildman–Crippen LogP) is 17.1. The first-order valence-corrected chi connectivity index (χ1v) is 23.9. The fourth-order valence-corrected chi connectivity index (χ4v) is 11.8. The monoisotopic (exact) mass is 892 g/mol. The summed E-state index contributed by atoms with van der Waals surface area (Å²) in [6.07, 6.45) is 0. The summed E-state index contributed by atoms with van der Waals surface area (Å²) >= 11 is 0. The normalized spacial score (nSPS) is 13.2. The van der Waals surface area contributed by atoms with Gasteiger partial charge in [0.2, 0.25) is 0 Å². The van der Waals surface area contributed by atoms with Crippen molar-refractivity contribution < 1.29 is 9.47 Å². The van der Waals surface area contributed by atoms with Gasteiger partial charge in [-0.1, -0.05) is 170 Å². The molecule has 326 valence electrons. The Balaban J connectivity index is 0.885. The molecular formula is C66H40N2O2. The van der Waals surface area contributed by atoms with Gasteiger partial charge in [0.25, 0.3) is 0 Å². The van der Waals surface area contributed by atoms with E-state index in [0.29, 0.717) is 0 Å². The molecule has 0 amide bonds. The largest absolute Gasteiger partial charge is 0.450 e. The van der Waals surface area contributed by atoms with Crippen LogP contribution in [0, 0.1) is 0 Å². The van der Waals surface area contributed by atoms with Crippen LogP contribution in [0.15, 0.2) is 243 Å². The number of hydrogen-bond donors (Lipinski definition) is 0. The van der Waals surface area contributed by atoms with E-state index in [9.17, 15) is 0 Å². The predicted molar refractivity (Wildman–Crippen MR) is 283 cm³/mol. The number of pyridine rings is 1. The van der Waals surface area contributed by atoms with E-state index >= 15 is 0 Å². The molecule has 0 saturated heterocycles. The SMILES string of the molecule is c1ccc(-c2cc(-c3ccccc3)nc(-c3cccc(-n4c5ccccc5c5cc(-c6ccc7c(c6)C6(c8ccccc8-c8ccccc86)c6cc8c(cc6-7)Oc6ccccc6O8)ccc54)c3)c2)cc1. The zero-order valence-corrected chi connectivity index (χ0v) is 37.8. The average molecular weight is 893 g/mol. The number of rotatable bonds is 5. The lowest BCUT2D eigenvalue weighted by Gasteiger charge is -2.31. The lowest BCUT2D eigenvalue weighted by Crippen LogP contribution is -2.26. The van der Waals surface area contributed by atoms with Crippen molar-refractivity contribution in [3.8, 4) is 95.7 Å². The van der Waals surface area contributed by atoms with E-state index in [2.05, 4.69) is 223 Å². The summed E-state index contributed by atoms with van der Waals surface area (Å²) in [7, 11) is 0. The molecule has 0 N–H and O–H groups in total. The van der Waals surface area contributed by atoms with Gasteiger partial charge in [-0.05, 0) is 140 Å². The second-order valence-electron chi connectivity index (χ2n) is 18.6. The molecular weight excluding hydrogens is 853 g/mol. The van der Waals surface area contributed by atoms with Gasteiger partial charge in [-0.2, -0.15) is 0 Å². The summed E-state index contributed by atoms with van der Waals surface area (Å²) in [5.41, 5.74) is 21.4. The summed E-state index contributed by atoms with van der Waals surface area (Å²) < 4.78 is 15.6. The number of nitrogens with zero attached hydrogens (tertiary/aromatic N) is 2. The van der Waals surface area contributed by atoms with E-state index in [1.807, 2.05) is 24.3 Å². The molecule has 2 aromatic heterocycles. The van der Waals surface area contributed by atoms with Crippen molar-refractivity contribution in [2.24, 2.45) is 0 Å². The molecule has 0 atom stereocenters. The van der Waals surface area contributed by atoms with E-state index in [0.717, 1.165) is 90.1 Å². The van der Waals surface area contributed by atoms with Crippen LogP contribution in [0.5, 0.6) is 23.0 Å². The highest BCUT2D eigenvalue weighted by Crippen LogP contribution is 2.65. The van der Waals surface area contributed by atoms with Crippen LogP contribution >= 0.6 is 0 Å². The van der Waals surface area contributed by atoms with Gasteiger partial charge in [-0.15, -0.1) is 0 Å². The van der Waals surface area contributed by atoms with Crippen molar-refractivity contribution in [3.63, 3.8) is 0 Å². The summed E-state index contributed by atoms with van der Waals surface area (Å²) in [6, 6.07) is 87.4. The van der Waals surface area contributed by atoms with Crippen molar-refractivity contribution in [1.29, 1.82) is 0 Å². The lowest BCUT2D eigenvalue weighted by atomic mass is 9.70. The first-order chi connectivity index (χ1) is 34.7. The maximum Gasteiger partial charge on any atom is 0.170 e. The number of para-hydroxylation sites is 3. The second kappa shape index (κ2) is 14.9. The molecule has 3 aliphatic rings. The number of aromatic nitrogens is 2. The number of fused-ring (bicyclic) bond motifs is 15. The van der Waals surface area contributed by atoms with Crippen LogP contribution in [0.4, 0.5) is 0 Å². The van der Waals surface area contributed by atoms with Crippen molar-refractivity contribution in [3.05, 3.63) is 265 Å². The Hall–Kier alpha value is -9.25. The minimum atomic E-state index is -0.564. The molecule has 0 unspecified atom stereocenters. The van der Waals surface area contributed by atoms with Crippen LogP contribution < -0.4 is 9.47 Å². The summed E-state index contributed by atoms with van der Waals surface area (Å²) in [4.78, 5) is 5.29. The summed E-state index contributed by atoms with van der Waals surface area (Å²) in [5.74, 6) is 2.90. The number of benzene rings is 10. The van der Waals surface area contributed by atoms with Gasteiger partial charge in [-0.25, -0.2) is 4.98 Å². The Morgan fingerprint density at radius 3 is 1.61 bits per heavy atom. The van der Waals surface area contributed by atoms with Crippen LogP contribution in [0.3, 0.4) is 0 Å². The Morgan fingerprint density at radius 2 is 0.857 bits per heavy atom. The third-order valence-corrected chi connectivity index (χ3v) is 14.9. The zero-order valence-electron chi connectivity index (χ0n) is 37.8. The average Bonchev–Trinajstić information content (AvgIpc) is 4.04. The lowest BCUT2D eigenvalue weighted by molar-refractivity contribution is 0.359. The Morgan fingerprint density at radius 1 is 0.300 bits per heavy atom. The van der Waals surface area contributed by atoms with Crippen LogP contribution in [-0.4, -0.2) is 9.55 Å². The van der Waals surface area contributed by atoms with Crippen LogP contribution in [0.1, 0.15) is 22.3 Å². The molecule has 12 aromatic rings. The number of ether oxygens (including phenoxy) is 2. The van der Waals surface area contributed by atoms with Gasteiger partial charge >= 0.3 is 0 Å². The van der Waals surface area contributed by atoms with Gasteiger partial charge < -0.3 is 14.0 Å². The molecule has 0 fully saturated rings. The van der Waals surface area contributed by atoms with Crippen LogP contribution in [-0.2, 0) is 5.41 Å². The standard InChI is InChI=1S/C66H40N2O2/c1-3-16-41(17-4-1)46-37-58(42-18-5-2-6-19-42)67-59(38-46)45-20-15-21-47(34-45)68-60-27-12-9-24-51(60)53-35-43(31-33-61(53)68)44-30-32-50-52-39-64-65(70-63-29-14-13-28-62(63)69-64)40-57(52)66(56(50)36-44)54-25-10-7-22-48(54)49-23-8-11-26-55(49)66/h1-40H. The van der Waals surface area contributed by atoms with E-state index in [4.69, 9.17) is 14.5 Å². The fourth-order valence-electron chi connectivity index (χ4n) is 11.8. The highest BCUT2D eigenvalue weighted by molar-refractivity contribution is 6.11. The maximum absolute atomic E-state index is 6.62. The summed E-state index contributed by atoms with van der Waals surface area (Å²) in [6.45, 7) is 0. The third-order valence-electron chi connectivity index (χ3n) is 14.9. The molecule has 0 radical (unpaired) electrons. The number of hydrogen-bond acceptors (Lipinski definition) is 3. The molecule has 4 nitrogen and oxygen atoms in total. The van der Waals surface area contributed by atoms with Gasteiger partial charge in [-0.3, -0.25) is 0 Å². The molecule has 0 bridgehead atoms. The first-order valence-electron chi connectivity index (χ1n) is 23.9. The fraction of sp³-hybridized carbons (Fsp3) is 0.0152. The van der Waals surface area contributed by atoms with E-state index in [-0.39, 0.29) is 0 Å². The van der Waals surface area contributed by atoms with Gasteiger partial charge in [0.1, 0.15) is 0 Å². The third kappa shape index (κ3) is 5.62. The van der Waals surface area contributed by atoms with Crippen LogP contribution in [0.2, 0.25) is 0 Å². The zero-order chi connectivity index (χ0) is 45.9. The first kappa shape index (κ1) is 38.8. The minimum absolute atomic E-state index is 0.564. The van der Waals surface area contributed by atoms with E-state index < -0.39 is 5.41 Å².